The third kappa shape index (κ3) is 5.66. The first kappa shape index (κ1) is 22.1. The number of halogens is 1. The topological polar surface area (TPSA) is 154 Å². The zero-order chi connectivity index (χ0) is 21.6. The summed E-state index contributed by atoms with van der Waals surface area (Å²) in [6, 6.07) is 3.23. The zero-order valence-corrected chi connectivity index (χ0v) is 17.5. The fraction of sp³-hybridized carbons (Fsp3) is 0.235. The average Bonchev–Trinajstić information content (AvgIpc) is 2.64. The number of esters is 1. The molecule has 2 rings (SSSR count). The molecule has 0 amide bonds. The van der Waals surface area contributed by atoms with Crippen LogP contribution in [0.15, 0.2) is 21.7 Å². The normalized spacial score (nSPS) is 10.7. The number of nitro groups is 1. The van der Waals surface area contributed by atoms with Gasteiger partial charge in [0, 0.05) is 0 Å². The van der Waals surface area contributed by atoms with Crippen LogP contribution in [0.5, 0.6) is 11.5 Å². The lowest BCUT2D eigenvalue weighted by Gasteiger charge is -2.13. The number of methoxy groups -OCH3 is 1. The molecule has 2 N–H and O–H groups in total. The molecule has 1 heterocycles. The first-order chi connectivity index (χ1) is 13.8. The molecule has 29 heavy (non-hydrogen) atoms. The molecule has 0 bridgehead atoms. The van der Waals surface area contributed by atoms with Crippen molar-refractivity contribution in [3.05, 3.63) is 57.9 Å². The number of aromatic amines is 2. The Hall–Kier alpha value is -3.16. The molecule has 0 radical (unpaired) electrons. The number of H-pyrrole nitrogens is 2. The molecule has 0 spiro atoms. The molecule has 0 fully saturated rings. The van der Waals surface area contributed by atoms with E-state index in [0.717, 1.165) is 0 Å². The van der Waals surface area contributed by atoms with Crippen molar-refractivity contribution in [1.29, 1.82) is 0 Å². The highest BCUT2D eigenvalue weighted by Crippen LogP contribution is 2.34. The molecule has 0 unspecified atom stereocenters. The Morgan fingerprint density at radius 1 is 1.28 bits per heavy atom. The monoisotopic (exact) mass is 517 g/mol. The summed E-state index contributed by atoms with van der Waals surface area (Å²) in [5.74, 6) is 0.114. The number of aromatic nitrogens is 2. The van der Waals surface area contributed by atoms with E-state index >= 15 is 0 Å². The van der Waals surface area contributed by atoms with Gasteiger partial charge in [0.05, 0.1) is 22.2 Å². The second kappa shape index (κ2) is 9.86. The van der Waals surface area contributed by atoms with Crippen molar-refractivity contribution in [3.8, 4) is 11.5 Å². The molecule has 1 aromatic heterocycles. The number of rotatable bonds is 8. The number of carbonyl (C=O) groups excluding carboxylic acids is 1. The SMILES string of the molecule is CCOC(=O)COc1c(I)cc(/C=C\c2[nH]c(=O)[nH]c(=O)c2[N+](=O)[O-])cc1OC. The maximum atomic E-state index is 11.7. The second-order valence-electron chi connectivity index (χ2n) is 5.39. The van der Waals surface area contributed by atoms with Gasteiger partial charge >= 0.3 is 22.9 Å². The Kier molecular flexibility index (Phi) is 7.52. The van der Waals surface area contributed by atoms with Gasteiger partial charge in [0.15, 0.2) is 18.1 Å². The van der Waals surface area contributed by atoms with E-state index in [0.29, 0.717) is 20.6 Å². The highest BCUT2D eigenvalue weighted by atomic mass is 127. The Bertz CT molecular complexity index is 1070. The zero-order valence-electron chi connectivity index (χ0n) is 15.3. The standard InChI is InChI=1S/C17H16IN3O8/c1-3-28-13(22)8-29-15-10(18)6-9(7-12(15)27-2)4-5-11-14(21(25)26)16(23)20-17(24)19-11/h4-7H,3,8H2,1-2H3,(H2,19,20,23,24)/b5-4-. The molecule has 0 saturated carbocycles. The molecule has 0 saturated heterocycles. The van der Waals surface area contributed by atoms with Crippen molar-refractivity contribution < 1.29 is 23.9 Å². The van der Waals surface area contributed by atoms with Crippen LogP contribution < -0.4 is 20.7 Å². The number of nitrogens with one attached hydrogen (secondary N) is 2. The van der Waals surface area contributed by atoms with Crippen molar-refractivity contribution >= 4 is 46.4 Å². The van der Waals surface area contributed by atoms with Crippen molar-refractivity contribution in [3.63, 3.8) is 0 Å². The summed E-state index contributed by atoms with van der Waals surface area (Å²) >= 11 is 1.97. The minimum absolute atomic E-state index is 0.233. The van der Waals surface area contributed by atoms with Gasteiger partial charge in [0.25, 0.3) is 0 Å². The Labute approximate surface area is 177 Å². The maximum Gasteiger partial charge on any atom is 0.357 e. The lowest BCUT2D eigenvalue weighted by molar-refractivity contribution is -0.386. The van der Waals surface area contributed by atoms with Crippen LogP contribution in [0.2, 0.25) is 0 Å². The largest absolute Gasteiger partial charge is 0.493 e. The summed E-state index contributed by atoms with van der Waals surface area (Å²) in [5.41, 5.74) is -2.45. The first-order valence-corrected chi connectivity index (χ1v) is 9.19. The van der Waals surface area contributed by atoms with E-state index in [9.17, 15) is 24.5 Å². The lowest BCUT2D eigenvalue weighted by atomic mass is 10.1. The molecule has 0 aliphatic carbocycles. The van der Waals surface area contributed by atoms with E-state index in [1.165, 1.54) is 19.3 Å². The van der Waals surface area contributed by atoms with Crippen molar-refractivity contribution in [2.24, 2.45) is 0 Å². The second-order valence-corrected chi connectivity index (χ2v) is 6.55. The van der Waals surface area contributed by atoms with Crippen LogP contribution >= 0.6 is 22.6 Å². The number of nitrogens with zero attached hydrogens (tertiary/aromatic N) is 1. The molecular weight excluding hydrogens is 501 g/mol. The van der Waals surface area contributed by atoms with Gasteiger partial charge < -0.3 is 19.2 Å². The number of hydrogen-bond acceptors (Lipinski definition) is 8. The smallest absolute Gasteiger partial charge is 0.357 e. The Morgan fingerprint density at radius 2 is 2.00 bits per heavy atom. The summed E-state index contributed by atoms with van der Waals surface area (Å²) < 4.78 is 16.1. The van der Waals surface area contributed by atoms with E-state index < -0.39 is 27.8 Å². The molecule has 1 aromatic carbocycles. The summed E-state index contributed by atoms with van der Waals surface area (Å²) in [4.78, 5) is 48.8. The number of hydrogen-bond donors (Lipinski definition) is 2. The summed E-state index contributed by atoms with van der Waals surface area (Å²) in [7, 11) is 1.41. The van der Waals surface area contributed by atoms with Gasteiger partial charge in [-0.15, -0.1) is 0 Å². The van der Waals surface area contributed by atoms with Crippen LogP contribution in [0.1, 0.15) is 18.2 Å². The molecule has 2 aromatic rings. The van der Waals surface area contributed by atoms with Gasteiger partial charge in [-0.05, 0) is 53.3 Å². The third-order valence-corrected chi connectivity index (χ3v) is 4.26. The van der Waals surface area contributed by atoms with Gasteiger partial charge in [-0.25, -0.2) is 9.59 Å². The predicted molar refractivity (Wildman–Crippen MR) is 111 cm³/mol. The fourth-order valence-corrected chi connectivity index (χ4v) is 3.07. The van der Waals surface area contributed by atoms with E-state index in [1.807, 2.05) is 27.6 Å². The first-order valence-electron chi connectivity index (χ1n) is 8.11. The van der Waals surface area contributed by atoms with Crippen LogP contribution in [-0.2, 0) is 9.53 Å². The van der Waals surface area contributed by atoms with E-state index in [1.54, 1.807) is 19.1 Å². The molecule has 0 atom stereocenters. The summed E-state index contributed by atoms with van der Waals surface area (Å²) in [5, 5.41) is 11.1. The van der Waals surface area contributed by atoms with E-state index in [-0.39, 0.29) is 18.9 Å². The molecule has 154 valence electrons. The molecule has 0 aliphatic rings. The predicted octanol–water partition coefficient (Wildman–Crippen LogP) is 1.70. The van der Waals surface area contributed by atoms with Crippen LogP contribution in [0.25, 0.3) is 12.2 Å². The maximum absolute atomic E-state index is 11.7. The average molecular weight is 517 g/mol. The molecule has 0 aliphatic heterocycles. The van der Waals surface area contributed by atoms with Gasteiger partial charge in [-0.2, -0.15) is 0 Å². The Morgan fingerprint density at radius 3 is 2.62 bits per heavy atom. The molecule has 11 nitrogen and oxygen atoms in total. The van der Waals surface area contributed by atoms with E-state index in [2.05, 4.69) is 4.98 Å². The summed E-state index contributed by atoms with van der Waals surface area (Å²) in [6.45, 7) is 1.62. The van der Waals surface area contributed by atoms with Crippen LogP contribution in [0.4, 0.5) is 5.69 Å². The lowest BCUT2D eigenvalue weighted by Crippen LogP contribution is -2.25. The minimum Gasteiger partial charge on any atom is -0.493 e. The van der Waals surface area contributed by atoms with Crippen molar-refractivity contribution in [2.75, 3.05) is 20.3 Å². The van der Waals surface area contributed by atoms with Gasteiger partial charge in [-0.1, -0.05) is 6.08 Å². The molecular formula is C17H16IN3O8. The van der Waals surface area contributed by atoms with Gasteiger partial charge in [0.1, 0.15) is 5.69 Å². The van der Waals surface area contributed by atoms with Crippen molar-refractivity contribution in [2.45, 2.75) is 6.92 Å². The van der Waals surface area contributed by atoms with Crippen LogP contribution in [0, 0.1) is 13.7 Å². The quantitative estimate of drug-likeness (QED) is 0.232. The van der Waals surface area contributed by atoms with Crippen LogP contribution in [0.3, 0.4) is 0 Å². The van der Waals surface area contributed by atoms with E-state index in [4.69, 9.17) is 14.2 Å². The Balaban J connectivity index is 2.37. The number of ether oxygens (including phenoxy) is 3. The highest BCUT2D eigenvalue weighted by Gasteiger charge is 2.19. The van der Waals surface area contributed by atoms with Crippen LogP contribution in [-0.4, -0.2) is 41.2 Å². The van der Waals surface area contributed by atoms with Gasteiger partial charge in [-0.3, -0.25) is 19.9 Å². The molecule has 12 heteroatoms. The number of carbonyl (C=O) groups is 1. The van der Waals surface area contributed by atoms with Crippen molar-refractivity contribution in [1.82, 2.24) is 9.97 Å². The third-order valence-electron chi connectivity index (χ3n) is 3.46. The fourth-order valence-electron chi connectivity index (χ4n) is 2.29. The summed E-state index contributed by atoms with van der Waals surface area (Å²) in [6.07, 6.45) is 2.69. The minimum atomic E-state index is -1.10. The highest BCUT2D eigenvalue weighted by molar-refractivity contribution is 14.1. The van der Waals surface area contributed by atoms with Gasteiger partial charge in [0.2, 0.25) is 0 Å². The number of benzene rings is 1.